The van der Waals surface area contributed by atoms with Gasteiger partial charge >= 0.3 is 12.1 Å². The maximum atomic E-state index is 15.4. The highest BCUT2D eigenvalue weighted by molar-refractivity contribution is 5.98. The average molecular weight is 647 g/mol. The topological polar surface area (TPSA) is 112 Å². The normalized spacial score (nSPS) is 17.1. The molecular weight excluding hydrogens is 612 g/mol. The summed E-state index contributed by atoms with van der Waals surface area (Å²) >= 11 is 0. The molecule has 14 heteroatoms. The molecule has 2 aliphatic heterocycles. The number of carbonyl (C=O) groups excluding carboxylic acids is 2. The van der Waals surface area contributed by atoms with Gasteiger partial charge in [0.15, 0.2) is 0 Å². The van der Waals surface area contributed by atoms with Crippen LogP contribution in [0.5, 0.6) is 0 Å². The summed E-state index contributed by atoms with van der Waals surface area (Å²) in [5.74, 6) is -2.18. The second kappa shape index (κ2) is 12.8. The molecule has 0 spiro atoms. The van der Waals surface area contributed by atoms with E-state index in [0.717, 1.165) is 29.2 Å². The molecule has 0 unspecified atom stereocenters. The van der Waals surface area contributed by atoms with Crippen LogP contribution in [0, 0.1) is 26.6 Å². The molecule has 2 aliphatic rings. The second-order valence-electron chi connectivity index (χ2n) is 11.4. The van der Waals surface area contributed by atoms with Crippen LogP contribution in [0.3, 0.4) is 0 Å². The fourth-order valence-electron chi connectivity index (χ4n) is 6.07. The summed E-state index contributed by atoms with van der Waals surface area (Å²) < 4.78 is 73.4. The number of nitrogens with one attached hydrogen (secondary N) is 1. The van der Waals surface area contributed by atoms with Crippen LogP contribution in [0.1, 0.15) is 44.1 Å². The number of hydrogen-bond acceptors (Lipinski definition) is 8. The highest BCUT2D eigenvalue weighted by Gasteiger charge is 2.45. The minimum absolute atomic E-state index is 0.0319. The van der Waals surface area contributed by atoms with Gasteiger partial charge in [0.25, 0.3) is 11.5 Å². The lowest BCUT2D eigenvalue weighted by atomic mass is 9.90. The van der Waals surface area contributed by atoms with Gasteiger partial charge in [-0.3, -0.25) is 14.2 Å². The van der Waals surface area contributed by atoms with Crippen molar-refractivity contribution in [3.05, 3.63) is 79.8 Å². The Labute approximate surface area is 262 Å². The van der Waals surface area contributed by atoms with E-state index in [-0.39, 0.29) is 49.6 Å². The highest BCUT2D eigenvalue weighted by atomic mass is 19.4. The SMILES string of the molecule is COC(=O)[C@H](Cc1ccc(-c2c(C)nc(C)n(C)c2=O)c2c1COC2)NC(=O)c1c(C)cc(N2CCOC[C@@H]2C(F)(F)F)cc1F. The predicted molar refractivity (Wildman–Crippen MR) is 159 cm³/mol. The van der Waals surface area contributed by atoms with Crippen molar-refractivity contribution in [1.82, 2.24) is 14.9 Å². The van der Waals surface area contributed by atoms with Gasteiger partial charge in [0.05, 0.1) is 50.4 Å². The first-order valence-corrected chi connectivity index (χ1v) is 14.6. The van der Waals surface area contributed by atoms with Gasteiger partial charge < -0.3 is 24.4 Å². The number of ether oxygens (including phenoxy) is 3. The van der Waals surface area contributed by atoms with Gasteiger partial charge in [0.2, 0.25) is 0 Å². The number of aryl methyl sites for hydroxylation is 3. The van der Waals surface area contributed by atoms with Crippen LogP contribution in [0.4, 0.5) is 23.2 Å². The van der Waals surface area contributed by atoms with Gasteiger partial charge in [0, 0.05) is 25.7 Å². The van der Waals surface area contributed by atoms with Crippen LogP contribution in [-0.4, -0.2) is 66.6 Å². The first kappa shape index (κ1) is 33.1. The number of carbonyl (C=O) groups is 2. The summed E-state index contributed by atoms with van der Waals surface area (Å²) in [6.07, 6.45) is -4.64. The molecule has 0 bridgehead atoms. The monoisotopic (exact) mass is 646 g/mol. The zero-order valence-electron chi connectivity index (χ0n) is 26.0. The van der Waals surface area contributed by atoms with Gasteiger partial charge in [0.1, 0.15) is 23.7 Å². The van der Waals surface area contributed by atoms with E-state index >= 15 is 4.39 Å². The number of halogens is 4. The molecule has 246 valence electrons. The van der Waals surface area contributed by atoms with Gasteiger partial charge in [-0.2, -0.15) is 13.2 Å². The van der Waals surface area contributed by atoms with Crippen molar-refractivity contribution in [1.29, 1.82) is 0 Å². The lowest BCUT2D eigenvalue weighted by molar-refractivity contribution is -0.167. The molecule has 3 heterocycles. The summed E-state index contributed by atoms with van der Waals surface area (Å²) in [6, 6.07) is 2.48. The Kier molecular flexibility index (Phi) is 9.23. The van der Waals surface area contributed by atoms with E-state index in [1.165, 1.54) is 17.6 Å². The van der Waals surface area contributed by atoms with Crippen LogP contribution in [0.15, 0.2) is 29.1 Å². The molecule has 1 aromatic heterocycles. The Morgan fingerprint density at radius 1 is 1.13 bits per heavy atom. The number of morpholine rings is 1. The fourth-order valence-corrected chi connectivity index (χ4v) is 6.07. The van der Waals surface area contributed by atoms with Crippen LogP contribution >= 0.6 is 0 Å². The molecule has 1 amide bonds. The molecule has 2 atom stereocenters. The first-order chi connectivity index (χ1) is 21.7. The number of amides is 1. The standard InChI is InChI=1S/C32H34F4N4O6/c1-16-10-20(40-8-9-45-15-26(40)32(34,35)36)12-24(33)27(16)29(41)38-25(31(43)44-5)11-19-6-7-21(23-14-46-13-22(19)23)28-17(2)37-18(3)39(4)30(28)42/h6-7,10,12,25-26H,8-9,11,13-15H2,1-5H3,(H,38,41)/t25-,26+/m0/s1. The Bertz CT molecular complexity index is 1730. The number of hydrogen-bond donors (Lipinski definition) is 1. The van der Waals surface area contributed by atoms with Crippen LogP contribution < -0.4 is 15.8 Å². The summed E-state index contributed by atoms with van der Waals surface area (Å²) in [6.45, 7) is 4.66. The minimum atomic E-state index is -4.61. The number of anilines is 1. The predicted octanol–water partition coefficient (Wildman–Crippen LogP) is 3.82. The molecule has 0 aliphatic carbocycles. The van der Waals surface area contributed by atoms with Crippen molar-refractivity contribution in [2.75, 3.05) is 31.8 Å². The Morgan fingerprint density at radius 3 is 2.52 bits per heavy atom. The van der Waals surface area contributed by atoms with Gasteiger partial charge in [-0.25, -0.2) is 14.2 Å². The third-order valence-electron chi connectivity index (χ3n) is 8.54. The quantitative estimate of drug-likeness (QED) is 0.305. The van der Waals surface area contributed by atoms with Crippen LogP contribution in [-0.2, 0) is 45.7 Å². The molecule has 1 N–H and O–H groups in total. The summed E-state index contributed by atoms with van der Waals surface area (Å²) in [5, 5.41) is 2.54. The number of methoxy groups -OCH3 is 1. The number of alkyl halides is 3. The van der Waals surface area contributed by atoms with E-state index in [4.69, 9.17) is 14.2 Å². The largest absolute Gasteiger partial charge is 0.467 e. The molecule has 10 nitrogen and oxygen atoms in total. The number of benzene rings is 2. The molecule has 46 heavy (non-hydrogen) atoms. The number of fused-ring (bicyclic) bond motifs is 1. The number of rotatable bonds is 7. The maximum absolute atomic E-state index is 15.4. The molecule has 5 rings (SSSR count). The number of aromatic nitrogens is 2. The van der Waals surface area contributed by atoms with Crippen molar-refractivity contribution >= 4 is 17.6 Å². The third kappa shape index (κ3) is 6.23. The lowest BCUT2D eigenvalue weighted by Gasteiger charge is -2.38. The highest BCUT2D eigenvalue weighted by Crippen LogP contribution is 2.35. The van der Waals surface area contributed by atoms with Crippen molar-refractivity contribution < 1.29 is 41.4 Å². The Morgan fingerprint density at radius 2 is 1.85 bits per heavy atom. The van der Waals surface area contributed by atoms with E-state index in [9.17, 15) is 27.6 Å². The van der Waals surface area contributed by atoms with Crippen molar-refractivity contribution in [3.63, 3.8) is 0 Å². The smallest absolute Gasteiger partial charge is 0.411 e. The average Bonchev–Trinajstić information content (AvgIpc) is 3.50. The minimum Gasteiger partial charge on any atom is -0.467 e. The Hall–Kier alpha value is -4.30. The van der Waals surface area contributed by atoms with Crippen molar-refractivity contribution in [2.45, 2.75) is 58.7 Å². The summed E-state index contributed by atoms with van der Waals surface area (Å²) in [4.78, 5) is 44.9. The molecule has 0 radical (unpaired) electrons. The molecule has 1 fully saturated rings. The molecule has 3 aromatic rings. The van der Waals surface area contributed by atoms with Crippen molar-refractivity contribution in [2.24, 2.45) is 7.05 Å². The zero-order valence-corrected chi connectivity index (χ0v) is 26.0. The van der Waals surface area contributed by atoms with E-state index in [1.54, 1.807) is 33.0 Å². The van der Waals surface area contributed by atoms with Crippen LogP contribution in [0.25, 0.3) is 11.1 Å². The summed E-state index contributed by atoms with van der Waals surface area (Å²) in [7, 11) is 2.80. The molecular formula is C32H34F4N4O6. The summed E-state index contributed by atoms with van der Waals surface area (Å²) in [5.41, 5.74) is 3.26. The zero-order chi connectivity index (χ0) is 33.5. The first-order valence-electron chi connectivity index (χ1n) is 14.6. The van der Waals surface area contributed by atoms with Gasteiger partial charge in [-0.1, -0.05) is 12.1 Å². The molecule has 2 aromatic carbocycles. The lowest BCUT2D eigenvalue weighted by Crippen LogP contribution is -2.53. The van der Waals surface area contributed by atoms with E-state index in [1.807, 2.05) is 0 Å². The third-order valence-corrected chi connectivity index (χ3v) is 8.54. The van der Waals surface area contributed by atoms with Gasteiger partial charge in [-0.05, 0) is 60.7 Å². The second-order valence-corrected chi connectivity index (χ2v) is 11.4. The molecule has 0 saturated carbocycles. The Balaban J connectivity index is 1.43. The van der Waals surface area contributed by atoms with Crippen LogP contribution in [0.2, 0.25) is 0 Å². The fraction of sp³-hybridized carbons (Fsp3) is 0.438. The van der Waals surface area contributed by atoms with E-state index < -0.39 is 48.1 Å². The number of nitrogens with zero attached hydrogens (tertiary/aromatic N) is 3. The van der Waals surface area contributed by atoms with E-state index in [2.05, 4.69) is 10.3 Å². The molecule has 1 saturated heterocycles. The van der Waals surface area contributed by atoms with Gasteiger partial charge in [-0.15, -0.1) is 0 Å². The van der Waals surface area contributed by atoms with E-state index in [0.29, 0.717) is 28.2 Å². The maximum Gasteiger partial charge on any atom is 0.411 e. The van der Waals surface area contributed by atoms with Crippen molar-refractivity contribution in [3.8, 4) is 11.1 Å². The number of esters is 1.